The first-order valence-electron chi connectivity index (χ1n) is 7.30. The predicted molar refractivity (Wildman–Crippen MR) is 89.4 cm³/mol. The average molecular weight is 350 g/mol. The maximum absolute atomic E-state index is 12.4. The number of hydrogen-bond acceptors (Lipinski definition) is 4. The fourth-order valence-corrected chi connectivity index (χ4v) is 3.28. The molecule has 2 aromatic heterocycles. The quantitative estimate of drug-likeness (QED) is 0.762. The lowest BCUT2D eigenvalue weighted by atomic mass is 10.2. The monoisotopic (exact) mass is 349 g/mol. The lowest BCUT2D eigenvalue weighted by Gasteiger charge is -2.05. The summed E-state index contributed by atoms with van der Waals surface area (Å²) in [6.07, 6.45) is 2.61. The van der Waals surface area contributed by atoms with E-state index in [9.17, 15) is 4.79 Å². The predicted octanol–water partition coefficient (Wildman–Crippen LogP) is 2.83. The molecular formula is C15H13Cl2N5O. The van der Waals surface area contributed by atoms with E-state index in [2.05, 4.69) is 20.4 Å². The van der Waals surface area contributed by atoms with Gasteiger partial charge >= 0.3 is 0 Å². The number of aryl methyl sites for hydroxylation is 1. The molecule has 0 amide bonds. The van der Waals surface area contributed by atoms with Gasteiger partial charge in [0.15, 0.2) is 0 Å². The molecule has 4 rings (SSSR count). The number of anilines is 1. The second kappa shape index (κ2) is 5.54. The van der Waals surface area contributed by atoms with Crippen LogP contribution in [0.3, 0.4) is 0 Å². The third-order valence-electron chi connectivity index (χ3n) is 3.98. The van der Waals surface area contributed by atoms with Gasteiger partial charge in [-0.05, 0) is 37.0 Å². The van der Waals surface area contributed by atoms with Gasteiger partial charge in [0, 0.05) is 22.2 Å². The van der Waals surface area contributed by atoms with Crippen molar-refractivity contribution >= 4 is 34.9 Å². The van der Waals surface area contributed by atoms with Gasteiger partial charge in [-0.25, -0.2) is 4.98 Å². The standard InChI is InChI=1S/C15H13Cl2N5O/c16-9-5-4-8(11(17)6-9)7-18-14-20-15-19-12-3-1-2-10(12)13(23)22(15)21-14/h4-6H,1-3,7H2,(H2,18,19,20,21). The molecule has 3 aromatic rings. The molecule has 1 aliphatic rings. The molecule has 118 valence electrons. The van der Waals surface area contributed by atoms with E-state index in [0.717, 1.165) is 36.1 Å². The lowest BCUT2D eigenvalue weighted by Crippen LogP contribution is -2.20. The van der Waals surface area contributed by atoms with Crippen molar-refractivity contribution in [2.24, 2.45) is 0 Å². The van der Waals surface area contributed by atoms with Gasteiger partial charge < -0.3 is 5.32 Å². The molecule has 0 spiro atoms. The number of benzene rings is 1. The van der Waals surface area contributed by atoms with Gasteiger partial charge in [0.1, 0.15) is 0 Å². The zero-order chi connectivity index (χ0) is 16.0. The molecule has 0 aliphatic heterocycles. The van der Waals surface area contributed by atoms with Gasteiger partial charge in [0.25, 0.3) is 11.3 Å². The number of aromatic amines is 1. The Labute approximate surface area is 141 Å². The molecule has 0 fully saturated rings. The lowest BCUT2D eigenvalue weighted by molar-refractivity contribution is 0.868. The van der Waals surface area contributed by atoms with Crippen molar-refractivity contribution in [1.29, 1.82) is 0 Å². The van der Waals surface area contributed by atoms with Gasteiger partial charge in [0.2, 0.25) is 5.95 Å². The molecule has 0 bridgehead atoms. The maximum Gasteiger partial charge on any atom is 0.277 e. The van der Waals surface area contributed by atoms with Crippen LogP contribution < -0.4 is 10.9 Å². The van der Waals surface area contributed by atoms with Crippen LogP contribution in [-0.2, 0) is 19.4 Å². The summed E-state index contributed by atoms with van der Waals surface area (Å²) in [6, 6.07) is 5.31. The van der Waals surface area contributed by atoms with Crippen molar-refractivity contribution in [3.63, 3.8) is 0 Å². The minimum absolute atomic E-state index is 0.0624. The largest absolute Gasteiger partial charge is 0.350 e. The average Bonchev–Trinajstić information content (AvgIpc) is 3.13. The molecule has 1 aromatic carbocycles. The Morgan fingerprint density at radius 3 is 2.96 bits per heavy atom. The Morgan fingerprint density at radius 2 is 2.13 bits per heavy atom. The highest BCUT2D eigenvalue weighted by atomic mass is 35.5. The van der Waals surface area contributed by atoms with Crippen LogP contribution in [0.5, 0.6) is 0 Å². The number of nitrogens with zero attached hydrogens (tertiary/aromatic N) is 3. The van der Waals surface area contributed by atoms with Crippen LogP contribution in [-0.4, -0.2) is 19.6 Å². The zero-order valence-corrected chi connectivity index (χ0v) is 13.6. The molecule has 6 nitrogen and oxygen atoms in total. The number of hydrogen-bond donors (Lipinski definition) is 2. The van der Waals surface area contributed by atoms with Crippen LogP contribution in [0, 0.1) is 0 Å². The highest BCUT2D eigenvalue weighted by Crippen LogP contribution is 2.22. The van der Waals surface area contributed by atoms with Crippen LogP contribution in [0.4, 0.5) is 5.95 Å². The van der Waals surface area contributed by atoms with E-state index >= 15 is 0 Å². The Bertz CT molecular complexity index is 962. The summed E-state index contributed by atoms with van der Waals surface area (Å²) < 4.78 is 1.38. The van der Waals surface area contributed by atoms with Crippen molar-refractivity contribution in [3.8, 4) is 0 Å². The maximum atomic E-state index is 12.4. The normalized spacial score (nSPS) is 13.5. The van der Waals surface area contributed by atoms with Crippen LogP contribution in [0.15, 0.2) is 23.0 Å². The summed E-state index contributed by atoms with van der Waals surface area (Å²) in [7, 11) is 0. The second-order valence-electron chi connectivity index (χ2n) is 5.49. The first-order chi connectivity index (χ1) is 11.1. The highest BCUT2D eigenvalue weighted by Gasteiger charge is 2.19. The first-order valence-corrected chi connectivity index (χ1v) is 8.06. The van der Waals surface area contributed by atoms with Crippen molar-refractivity contribution in [2.45, 2.75) is 25.8 Å². The first kappa shape index (κ1) is 14.5. The van der Waals surface area contributed by atoms with Gasteiger partial charge in [-0.2, -0.15) is 9.50 Å². The summed E-state index contributed by atoms with van der Waals surface area (Å²) >= 11 is 12.0. The molecule has 2 heterocycles. The topological polar surface area (TPSA) is 75.1 Å². The van der Waals surface area contributed by atoms with E-state index in [0.29, 0.717) is 28.3 Å². The summed E-state index contributed by atoms with van der Waals surface area (Å²) in [6.45, 7) is 0.463. The van der Waals surface area contributed by atoms with E-state index < -0.39 is 0 Å². The molecule has 0 saturated carbocycles. The van der Waals surface area contributed by atoms with Crippen LogP contribution in [0.25, 0.3) is 5.78 Å². The van der Waals surface area contributed by atoms with E-state index in [-0.39, 0.29) is 5.56 Å². The van der Waals surface area contributed by atoms with Crippen molar-refractivity contribution in [3.05, 3.63) is 55.4 Å². The highest BCUT2D eigenvalue weighted by molar-refractivity contribution is 6.35. The third-order valence-corrected chi connectivity index (χ3v) is 4.56. The minimum Gasteiger partial charge on any atom is -0.350 e. The van der Waals surface area contributed by atoms with E-state index in [4.69, 9.17) is 23.2 Å². The van der Waals surface area contributed by atoms with Gasteiger partial charge in [-0.3, -0.25) is 9.89 Å². The molecule has 1 aliphatic carbocycles. The van der Waals surface area contributed by atoms with Crippen molar-refractivity contribution < 1.29 is 0 Å². The Balaban J connectivity index is 1.63. The third kappa shape index (κ3) is 2.58. The zero-order valence-electron chi connectivity index (χ0n) is 12.1. The molecule has 23 heavy (non-hydrogen) atoms. The number of nitrogens with one attached hydrogen (secondary N) is 2. The molecular weight excluding hydrogens is 337 g/mol. The van der Waals surface area contributed by atoms with Crippen LogP contribution >= 0.6 is 23.2 Å². The van der Waals surface area contributed by atoms with Crippen molar-refractivity contribution in [2.75, 3.05) is 5.32 Å². The summed E-state index contributed by atoms with van der Waals surface area (Å²) in [5.74, 6) is 0.865. The Kier molecular flexibility index (Phi) is 3.50. The number of aromatic nitrogens is 4. The summed E-state index contributed by atoms with van der Waals surface area (Å²) in [5.41, 5.74) is 2.49. The smallest absolute Gasteiger partial charge is 0.277 e. The van der Waals surface area contributed by atoms with Gasteiger partial charge in [0.05, 0.1) is 5.69 Å². The number of H-pyrrole nitrogens is 1. The van der Waals surface area contributed by atoms with Gasteiger partial charge in [-0.1, -0.05) is 29.3 Å². The number of halogens is 2. The Morgan fingerprint density at radius 1 is 1.26 bits per heavy atom. The molecule has 2 N–H and O–H groups in total. The minimum atomic E-state index is -0.0624. The number of fused-ring (bicyclic) bond motifs is 2. The number of rotatable bonds is 3. The van der Waals surface area contributed by atoms with E-state index in [1.165, 1.54) is 4.52 Å². The Hall–Kier alpha value is -2.05. The van der Waals surface area contributed by atoms with Gasteiger partial charge in [-0.15, -0.1) is 0 Å². The van der Waals surface area contributed by atoms with Crippen LogP contribution in [0.2, 0.25) is 10.0 Å². The van der Waals surface area contributed by atoms with E-state index in [1.807, 2.05) is 6.07 Å². The molecule has 0 radical (unpaired) electrons. The second-order valence-corrected chi connectivity index (χ2v) is 6.34. The fourth-order valence-electron chi connectivity index (χ4n) is 2.81. The molecule has 0 saturated heterocycles. The fraction of sp³-hybridized carbons (Fsp3) is 0.267. The van der Waals surface area contributed by atoms with Crippen LogP contribution in [0.1, 0.15) is 23.2 Å². The van der Waals surface area contributed by atoms with E-state index in [1.54, 1.807) is 12.1 Å². The SMILES string of the molecule is O=c1c2c(nc3nc(NCc4ccc(Cl)cc4Cl)[nH]n13)CCC2. The molecule has 8 heteroatoms. The summed E-state index contributed by atoms with van der Waals surface area (Å²) in [4.78, 5) is 21.2. The summed E-state index contributed by atoms with van der Waals surface area (Å²) in [5, 5.41) is 7.23. The molecule has 0 atom stereocenters. The molecule has 0 unspecified atom stereocenters. The van der Waals surface area contributed by atoms with Crippen molar-refractivity contribution in [1.82, 2.24) is 19.6 Å².